The number of benzene rings is 1. The highest BCUT2D eigenvalue weighted by molar-refractivity contribution is 5.76. The molecule has 0 saturated heterocycles. The van der Waals surface area contributed by atoms with Gasteiger partial charge in [0.25, 0.3) is 0 Å². The second-order valence-corrected chi connectivity index (χ2v) is 5.38. The number of anilines is 1. The van der Waals surface area contributed by atoms with Gasteiger partial charge in [0.1, 0.15) is 0 Å². The maximum Gasteiger partial charge on any atom is 0.222 e. The summed E-state index contributed by atoms with van der Waals surface area (Å²) in [5, 5.41) is 6.02. The monoisotopic (exact) mass is 324 g/mol. The topological polar surface area (TPSA) is 84.7 Å². The van der Waals surface area contributed by atoms with E-state index in [1.165, 1.54) is 0 Å². The van der Waals surface area contributed by atoms with Gasteiger partial charge in [0.2, 0.25) is 11.9 Å². The van der Waals surface area contributed by atoms with Crippen LogP contribution in [0.1, 0.15) is 12.8 Å². The maximum atomic E-state index is 11.9. The van der Waals surface area contributed by atoms with Gasteiger partial charge in [-0.15, -0.1) is 0 Å². The van der Waals surface area contributed by atoms with Crippen LogP contribution in [0.3, 0.4) is 0 Å². The summed E-state index contributed by atoms with van der Waals surface area (Å²) >= 11 is 0. The van der Waals surface area contributed by atoms with Crippen molar-refractivity contribution < 1.29 is 4.79 Å². The second-order valence-electron chi connectivity index (χ2n) is 5.38. The predicted octanol–water partition coefficient (Wildman–Crippen LogP) is 1.83. The number of carbonyl (C=O) groups excluding carboxylic acids is 1. The number of carbonyl (C=O) groups is 1. The van der Waals surface area contributed by atoms with E-state index in [2.05, 4.69) is 25.6 Å². The highest BCUT2D eigenvalue weighted by Gasteiger charge is 2.03. The molecular formula is C17H20N6O. The lowest BCUT2D eigenvalue weighted by Gasteiger charge is -2.07. The molecule has 7 nitrogen and oxygen atoms in total. The molecule has 0 aliphatic carbocycles. The molecule has 24 heavy (non-hydrogen) atoms. The number of hydrogen-bond acceptors (Lipinski definition) is 5. The second kappa shape index (κ2) is 8.05. The fourth-order valence-corrected chi connectivity index (χ4v) is 2.43. The van der Waals surface area contributed by atoms with Gasteiger partial charge in [-0.1, -0.05) is 12.1 Å². The third-order valence-corrected chi connectivity index (χ3v) is 3.63. The molecule has 0 unspecified atom stereocenters. The summed E-state index contributed by atoms with van der Waals surface area (Å²) in [4.78, 5) is 24.3. The van der Waals surface area contributed by atoms with Gasteiger partial charge in [-0.05, 0) is 24.6 Å². The molecule has 3 aromatic rings. The Morgan fingerprint density at radius 3 is 2.75 bits per heavy atom. The lowest BCUT2D eigenvalue weighted by molar-refractivity contribution is -0.121. The molecule has 7 heteroatoms. The van der Waals surface area contributed by atoms with Gasteiger partial charge in [-0.2, -0.15) is 0 Å². The normalized spacial score (nSPS) is 10.7. The number of fused-ring (bicyclic) bond motifs is 1. The van der Waals surface area contributed by atoms with Crippen molar-refractivity contribution in [1.82, 2.24) is 24.8 Å². The molecule has 2 heterocycles. The molecule has 124 valence electrons. The van der Waals surface area contributed by atoms with E-state index in [4.69, 9.17) is 0 Å². The first-order valence-corrected chi connectivity index (χ1v) is 8.00. The Kier molecular flexibility index (Phi) is 5.34. The Bertz CT molecular complexity index is 786. The maximum absolute atomic E-state index is 11.9. The van der Waals surface area contributed by atoms with Crippen molar-refractivity contribution in [3.63, 3.8) is 0 Å². The van der Waals surface area contributed by atoms with Gasteiger partial charge >= 0.3 is 0 Å². The van der Waals surface area contributed by atoms with Crippen LogP contribution in [0, 0.1) is 0 Å². The van der Waals surface area contributed by atoms with E-state index in [-0.39, 0.29) is 5.91 Å². The van der Waals surface area contributed by atoms with E-state index in [9.17, 15) is 4.79 Å². The zero-order valence-electron chi connectivity index (χ0n) is 13.4. The molecular weight excluding hydrogens is 304 g/mol. The van der Waals surface area contributed by atoms with Crippen LogP contribution in [0.15, 0.2) is 49.1 Å². The molecule has 0 atom stereocenters. The minimum Gasteiger partial charge on any atom is -0.354 e. The van der Waals surface area contributed by atoms with Crippen LogP contribution in [0.4, 0.5) is 5.95 Å². The van der Waals surface area contributed by atoms with E-state index >= 15 is 0 Å². The van der Waals surface area contributed by atoms with Crippen LogP contribution in [-0.4, -0.2) is 38.5 Å². The number of nitrogens with zero attached hydrogens (tertiary/aromatic N) is 4. The minimum absolute atomic E-state index is 0.0511. The third-order valence-electron chi connectivity index (χ3n) is 3.63. The standard InChI is InChI=1S/C17H20N6O/c24-16(7-3-8-19-17-20-9-4-10-21-17)18-11-12-23-13-22-14-5-1-2-6-15(14)23/h1-2,4-6,9-10,13H,3,7-8,11-12H2,(H,18,24)(H,19,20,21). The average molecular weight is 324 g/mol. The SMILES string of the molecule is O=C(CCCNc1ncccn1)NCCn1cnc2ccccc21. The lowest BCUT2D eigenvalue weighted by Crippen LogP contribution is -2.27. The smallest absolute Gasteiger partial charge is 0.222 e. The molecule has 0 fully saturated rings. The Morgan fingerprint density at radius 2 is 1.88 bits per heavy atom. The Labute approximate surface area is 140 Å². The summed E-state index contributed by atoms with van der Waals surface area (Å²) in [6.45, 7) is 1.97. The number of para-hydroxylation sites is 2. The van der Waals surface area contributed by atoms with Gasteiger partial charge in [-0.25, -0.2) is 15.0 Å². The summed E-state index contributed by atoms with van der Waals surface area (Å²) in [6, 6.07) is 9.73. The van der Waals surface area contributed by atoms with E-state index in [1.54, 1.807) is 24.8 Å². The van der Waals surface area contributed by atoms with Crippen molar-refractivity contribution in [3.05, 3.63) is 49.1 Å². The molecule has 1 amide bonds. The molecule has 0 aliphatic heterocycles. The minimum atomic E-state index is 0.0511. The molecule has 0 aliphatic rings. The number of hydrogen-bond donors (Lipinski definition) is 2. The third kappa shape index (κ3) is 4.28. The fourth-order valence-electron chi connectivity index (χ4n) is 2.43. The van der Waals surface area contributed by atoms with Gasteiger partial charge in [-0.3, -0.25) is 4.79 Å². The van der Waals surface area contributed by atoms with E-state index in [0.29, 0.717) is 32.0 Å². The van der Waals surface area contributed by atoms with Gasteiger partial charge in [0.05, 0.1) is 17.4 Å². The van der Waals surface area contributed by atoms with E-state index < -0.39 is 0 Å². The number of imidazole rings is 1. The molecule has 0 radical (unpaired) electrons. The van der Waals surface area contributed by atoms with Crippen LogP contribution in [0.2, 0.25) is 0 Å². The van der Waals surface area contributed by atoms with Gasteiger partial charge in [0.15, 0.2) is 0 Å². The van der Waals surface area contributed by atoms with Crippen LogP contribution in [0.5, 0.6) is 0 Å². The van der Waals surface area contributed by atoms with Crippen LogP contribution < -0.4 is 10.6 Å². The average Bonchev–Trinajstić information content (AvgIpc) is 3.03. The zero-order chi connectivity index (χ0) is 16.6. The summed E-state index contributed by atoms with van der Waals surface area (Å²) in [5.41, 5.74) is 2.05. The highest BCUT2D eigenvalue weighted by atomic mass is 16.1. The highest BCUT2D eigenvalue weighted by Crippen LogP contribution is 2.10. The van der Waals surface area contributed by atoms with Crippen molar-refractivity contribution in [2.45, 2.75) is 19.4 Å². The molecule has 3 rings (SSSR count). The number of aromatic nitrogens is 4. The first kappa shape index (κ1) is 15.9. The molecule has 2 N–H and O–H groups in total. The quantitative estimate of drug-likeness (QED) is 0.618. The van der Waals surface area contributed by atoms with Gasteiger partial charge in [0, 0.05) is 38.4 Å². The van der Waals surface area contributed by atoms with Crippen LogP contribution >= 0.6 is 0 Å². The first-order chi connectivity index (χ1) is 11.8. The van der Waals surface area contributed by atoms with Crippen molar-refractivity contribution in [3.8, 4) is 0 Å². The Balaban J connectivity index is 1.34. The van der Waals surface area contributed by atoms with Crippen molar-refractivity contribution in [1.29, 1.82) is 0 Å². The first-order valence-electron chi connectivity index (χ1n) is 8.00. The molecule has 0 saturated carbocycles. The van der Waals surface area contributed by atoms with Crippen LogP contribution in [-0.2, 0) is 11.3 Å². The van der Waals surface area contributed by atoms with Crippen LogP contribution in [0.25, 0.3) is 11.0 Å². The Hall–Kier alpha value is -2.96. The zero-order valence-corrected chi connectivity index (χ0v) is 13.4. The summed E-state index contributed by atoms with van der Waals surface area (Å²) in [6.07, 6.45) is 6.38. The molecule has 0 bridgehead atoms. The number of rotatable bonds is 8. The summed E-state index contributed by atoms with van der Waals surface area (Å²) in [5.74, 6) is 0.639. The number of amides is 1. The number of nitrogens with one attached hydrogen (secondary N) is 2. The molecule has 0 spiro atoms. The predicted molar refractivity (Wildman–Crippen MR) is 92.5 cm³/mol. The van der Waals surface area contributed by atoms with Crippen molar-refractivity contribution in [2.75, 3.05) is 18.4 Å². The summed E-state index contributed by atoms with van der Waals surface area (Å²) < 4.78 is 2.05. The molecule has 2 aromatic heterocycles. The van der Waals surface area contributed by atoms with E-state index in [0.717, 1.165) is 17.5 Å². The lowest BCUT2D eigenvalue weighted by atomic mass is 10.3. The van der Waals surface area contributed by atoms with Crippen molar-refractivity contribution >= 4 is 22.9 Å². The Morgan fingerprint density at radius 1 is 1.04 bits per heavy atom. The summed E-state index contributed by atoms with van der Waals surface area (Å²) in [7, 11) is 0. The molecule has 1 aromatic carbocycles. The van der Waals surface area contributed by atoms with Crippen molar-refractivity contribution in [2.24, 2.45) is 0 Å². The fraction of sp³-hybridized carbons (Fsp3) is 0.294. The largest absolute Gasteiger partial charge is 0.354 e. The van der Waals surface area contributed by atoms with E-state index in [1.807, 2.05) is 28.8 Å². The van der Waals surface area contributed by atoms with Gasteiger partial charge < -0.3 is 15.2 Å².